The second-order valence-corrected chi connectivity index (χ2v) is 19.5. The number of benzene rings is 2. The molecule has 0 radical (unpaired) electrons. The Morgan fingerprint density at radius 3 is 2.54 bits per heavy atom. The summed E-state index contributed by atoms with van der Waals surface area (Å²) < 4.78 is 64.3. The van der Waals surface area contributed by atoms with Crippen molar-refractivity contribution in [2.45, 2.75) is 89.2 Å². The van der Waals surface area contributed by atoms with E-state index in [1.165, 1.54) is 5.57 Å². The number of nitrogens with zero attached hydrogens (tertiary/aromatic N) is 3. The topological polar surface area (TPSA) is 101 Å². The Balaban J connectivity index is 1.08. The van der Waals surface area contributed by atoms with Crippen LogP contribution in [0.15, 0.2) is 42.0 Å². The molecule has 7 aliphatic rings. The van der Waals surface area contributed by atoms with E-state index in [1.54, 1.807) is 31.2 Å². The number of sulfonamides is 1. The number of ether oxygens (including phenoxy) is 3. The minimum absolute atomic E-state index is 0.0604. The van der Waals surface area contributed by atoms with Gasteiger partial charge in [0.2, 0.25) is 10.0 Å². The summed E-state index contributed by atoms with van der Waals surface area (Å²) >= 11 is 6.32. The number of hydrogen-bond donors (Lipinski definition) is 1. The first-order valence-corrected chi connectivity index (χ1v) is 22.9. The number of carbonyl (C=O) groups excluding carboxylic acids is 1. The smallest absolute Gasteiger partial charge is 0.264 e. The van der Waals surface area contributed by atoms with E-state index in [0.717, 1.165) is 90.0 Å². The predicted octanol–water partition coefficient (Wildman–Crippen LogP) is 6.45. The molecule has 5 heterocycles. The number of amides is 1. The SMILES string of the molecule is C[C@@H]1[C@@H](C)S(=O)(=O)NC(=O)c2ccc3c(c2)N(Cc2ccc(Cl)c(F)c2CCCCO3)C[C@@H]2CC[C@H]2[C@@H](OCCN2CCN(C3CCOCC3)CC2)C2=C[C@H]1C2. The van der Waals surface area contributed by atoms with Gasteiger partial charge >= 0.3 is 0 Å². The molecule has 1 saturated carbocycles. The highest BCUT2D eigenvalue weighted by atomic mass is 35.5. The lowest BCUT2D eigenvalue weighted by atomic mass is 9.64. The maximum Gasteiger partial charge on any atom is 0.264 e. The van der Waals surface area contributed by atoms with E-state index >= 15 is 4.39 Å². The molecule has 0 aromatic heterocycles. The molecule has 9 rings (SSSR count). The molecule has 2 aliphatic carbocycles. The molecular formula is C43H58ClFN4O6S. The van der Waals surface area contributed by atoms with E-state index in [9.17, 15) is 13.2 Å². The third kappa shape index (κ3) is 8.52. The van der Waals surface area contributed by atoms with Crippen LogP contribution >= 0.6 is 11.6 Å². The summed E-state index contributed by atoms with van der Waals surface area (Å²) in [6.45, 7) is 12.6. The van der Waals surface area contributed by atoms with E-state index in [1.807, 2.05) is 13.0 Å². The van der Waals surface area contributed by atoms with Crippen molar-refractivity contribution in [3.8, 4) is 5.75 Å². The number of allylic oxidation sites excluding steroid dienone is 1. The minimum Gasteiger partial charge on any atom is -0.491 e. The lowest BCUT2D eigenvalue weighted by molar-refractivity contribution is -0.0383. The van der Waals surface area contributed by atoms with Crippen molar-refractivity contribution in [1.29, 1.82) is 0 Å². The Kier molecular flexibility index (Phi) is 12.3. The molecule has 306 valence electrons. The van der Waals surface area contributed by atoms with Gasteiger partial charge < -0.3 is 19.1 Å². The molecule has 3 fully saturated rings. The van der Waals surface area contributed by atoms with Crippen LogP contribution < -0.4 is 14.4 Å². The van der Waals surface area contributed by atoms with Gasteiger partial charge in [-0.15, -0.1) is 0 Å². The Bertz CT molecular complexity index is 1880. The van der Waals surface area contributed by atoms with Crippen LogP contribution in [0.4, 0.5) is 10.1 Å². The molecule has 6 atom stereocenters. The van der Waals surface area contributed by atoms with E-state index in [4.69, 9.17) is 25.8 Å². The molecule has 1 N–H and O–H groups in total. The van der Waals surface area contributed by atoms with E-state index in [2.05, 4.69) is 25.5 Å². The summed E-state index contributed by atoms with van der Waals surface area (Å²) in [6, 6.07) is 9.32. The van der Waals surface area contributed by atoms with Gasteiger partial charge in [0, 0.05) is 70.6 Å². The third-order valence-corrected chi connectivity index (χ3v) is 16.0. The number of nitrogens with one attached hydrogen (secondary N) is 1. The monoisotopic (exact) mass is 812 g/mol. The summed E-state index contributed by atoms with van der Waals surface area (Å²) in [4.78, 5) is 21.1. The Labute approximate surface area is 337 Å². The van der Waals surface area contributed by atoms with Gasteiger partial charge in [-0.3, -0.25) is 14.6 Å². The van der Waals surface area contributed by atoms with E-state index in [-0.39, 0.29) is 46.2 Å². The Hall–Kier alpha value is -2.74. The zero-order valence-electron chi connectivity index (χ0n) is 32.9. The summed E-state index contributed by atoms with van der Waals surface area (Å²) in [5.41, 5.74) is 3.64. The van der Waals surface area contributed by atoms with Crippen LogP contribution in [0.3, 0.4) is 0 Å². The minimum atomic E-state index is -3.99. The lowest BCUT2D eigenvalue weighted by Crippen LogP contribution is -2.52. The fourth-order valence-corrected chi connectivity index (χ4v) is 11.3. The molecule has 0 spiro atoms. The first-order chi connectivity index (χ1) is 27.1. The number of halogens is 2. The molecule has 2 aromatic rings. The largest absolute Gasteiger partial charge is 0.491 e. The van der Waals surface area contributed by atoms with Crippen molar-refractivity contribution in [3.63, 3.8) is 0 Å². The molecule has 13 heteroatoms. The number of fused-ring (bicyclic) bond motifs is 5. The van der Waals surface area contributed by atoms with Gasteiger partial charge in [0.1, 0.15) is 11.6 Å². The second kappa shape index (κ2) is 17.2. The van der Waals surface area contributed by atoms with Gasteiger partial charge in [-0.1, -0.05) is 30.7 Å². The highest BCUT2D eigenvalue weighted by Crippen LogP contribution is 2.48. The van der Waals surface area contributed by atoms with Crippen LogP contribution in [0.25, 0.3) is 0 Å². The molecule has 4 bridgehead atoms. The highest BCUT2D eigenvalue weighted by molar-refractivity contribution is 7.90. The Morgan fingerprint density at radius 1 is 1.00 bits per heavy atom. The number of carbonyl (C=O) groups is 1. The molecule has 2 saturated heterocycles. The fraction of sp³-hybridized carbons (Fsp3) is 0.651. The lowest BCUT2D eigenvalue weighted by Gasteiger charge is -2.48. The summed E-state index contributed by atoms with van der Waals surface area (Å²) in [5.74, 6) is 0.0109. The maximum absolute atomic E-state index is 15.7. The molecule has 2 aromatic carbocycles. The van der Waals surface area contributed by atoms with Crippen LogP contribution in [-0.4, -0.2) is 107 Å². The maximum atomic E-state index is 15.7. The predicted molar refractivity (Wildman–Crippen MR) is 216 cm³/mol. The van der Waals surface area contributed by atoms with E-state index in [0.29, 0.717) is 62.2 Å². The molecular weight excluding hydrogens is 755 g/mol. The number of anilines is 1. The normalized spacial score (nSPS) is 30.6. The zero-order chi connectivity index (χ0) is 39.0. The van der Waals surface area contributed by atoms with Crippen molar-refractivity contribution in [1.82, 2.24) is 14.5 Å². The summed E-state index contributed by atoms with van der Waals surface area (Å²) in [7, 11) is -3.99. The van der Waals surface area contributed by atoms with Crippen LogP contribution in [0, 0.1) is 29.5 Å². The average Bonchev–Trinajstić information content (AvgIpc) is 3.20. The van der Waals surface area contributed by atoms with Crippen LogP contribution in [-0.2, 0) is 32.5 Å². The molecule has 5 aliphatic heterocycles. The van der Waals surface area contributed by atoms with Gasteiger partial charge in [-0.25, -0.2) is 17.5 Å². The van der Waals surface area contributed by atoms with Gasteiger partial charge in [-0.2, -0.15) is 0 Å². The quantitative estimate of drug-likeness (QED) is 0.342. The van der Waals surface area contributed by atoms with Crippen molar-refractivity contribution >= 4 is 33.2 Å². The third-order valence-electron chi connectivity index (χ3n) is 13.8. The highest BCUT2D eigenvalue weighted by Gasteiger charge is 2.45. The fourth-order valence-electron chi connectivity index (χ4n) is 9.81. The second-order valence-electron chi connectivity index (χ2n) is 17.0. The number of rotatable bonds is 5. The van der Waals surface area contributed by atoms with Crippen LogP contribution in [0.5, 0.6) is 5.75 Å². The van der Waals surface area contributed by atoms with Gasteiger partial charge in [0.15, 0.2) is 0 Å². The summed E-state index contributed by atoms with van der Waals surface area (Å²) in [6.07, 6.45) is 9.26. The molecule has 0 unspecified atom stereocenters. The van der Waals surface area contributed by atoms with Crippen molar-refractivity contribution < 1.29 is 31.8 Å². The zero-order valence-corrected chi connectivity index (χ0v) is 34.5. The first kappa shape index (κ1) is 40.1. The van der Waals surface area contributed by atoms with E-state index < -0.39 is 21.2 Å². The molecule has 1 amide bonds. The first-order valence-electron chi connectivity index (χ1n) is 21.0. The molecule has 56 heavy (non-hydrogen) atoms. The van der Waals surface area contributed by atoms with Crippen LogP contribution in [0.2, 0.25) is 5.02 Å². The summed E-state index contributed by atoms with van der Waals surface area (Å²) in [5, 5.41) is -0.671. The standard InChI is InChI=1S/C43H58ClFN4O6S/c1-28-29(2)56(51,52)46-43(50)30-8-11-40-39(25-30)49(26-31-7-10-38(44)41(45)36(31)5-3-4-19-54-40)27-32-6-9-37(32)42(34-23-33(28)24-34)55-22-18-47-14-16-48(17-15-47)35-12-20-53-21-13-35/h7-8,10-11,23,25,28-29,32-33,35,37,42H,3-6,9,12-22,24,26-27H2,1-2H3,(H,46,50)/t28-,29-,32+,33+,37-,42+/m1/s1. The molecule has 10 nitrogen and oxygen atoms in total. The number of piperazine rings is 1. The van der Waals surface area contributed by atoms with Gasteiger partial charge in [0.05, 0.1) is 35.3 Å². The average molecular weight is 813 g/mol. The van der Waals surface area contributed by atoms with Gasteiger partial charge in [0.25, 0.3) is 5.91 Å². The van der Waals surface area contributed by atoms with Gasteiger partial charge in [-0.05, 0) is 123 Å². The number of hydrogen-bond acceptors (Lipinski definition) is 9. The Morgan fingerprint density at radius 2 is 1.79 bits per heavy atom. The van der Waals surface area contributed by atoms with Crippen molar-refractivity contribution in [3.05, 3.63) is 69.5 Å². The van der Waals surface area contributed by atoms with Crippen LogP contribution in [0.1, 0.15) is 80.3 Å². The van der Waals surface area contributed by atoms with Crippen molar-refractivity contribution in [2.24, 2.45) is 23.7 Å². The van der Waals surface area contributed by atoms with Crippen molar-refractivity contribution in [2.75, 3.05) is 70.6 Å².